The van der Waals surface area contributed by atoms with Gasteiger partial charge >= 0.3 is 0 Å². The molecule has 1 amide bonds. The first-order valence-electron chi connectivity index (χ1n) is 6.22. The van der Waals surface area contributed by atoms with Crippen LogP contribution in [0.3, 0.4) is 0 Å². The van der Waals surface area contributed by atoms with E-state index in [0.717, 1.165) is 19.6 Å². The average Bonchev–Trinajstić information content (AvgIpc) is 2.70. The Bertz CT molecular complexity index is 188. The van der Waals surface area contributed by atoms with Crippen LogP contribution in [0.15, 0.2) is 0 Å². The lowest BCUT2D eigenvalue weighted by molar-refractivity contribution is -0.129. The van der Waals surface area contributed by atoms with Crippen molar-refractivity contribution in [2.75, 3.05) is 26.2 Å². The second-order valence-corrected chi connectivity index (χ2v) is 4.61. The van der Waals surface area contributed by atoms with Crippen LogP contribution in [0.1, 0.15) is 39.5 Å². The highest BCUT2D eigenvalue weighted by Gasteiger charge is 2.17. The molecule has 1 heterocycles. The molecule has 0 radical (unpaired) electrons. The first-order valence-corrected chi connectivity index (χ1v) is 6.22. The van der Waals surface area contributed by atoms with Crippen molar-refractivity contribution in [3.8, 4) is 0 Å². The minimum atomic E-state index is 0.274. The summed E-state index contributed by atoms with van der Waals surface area (Å²) in [6, 6.07) is 0. The molecule has 1 unspecified atom stereocenters. The van der Waals surface area contributed by atoms with Crippen molar-refractivity contribution in [1.29, 1.82) is 0 Å². The maximum Gasteiger partial charge on any atom is 0.236 e. The van der Waals surface area contributed by atoms with Crippen LogP contribution in [-0.2, 0) is 4.79 Å². The summed E-state index contributed by atoms with van der Waals surface area (Å²) in [7, 11) is 0. The second-order valence-electron chi connectivity index (χ2n) is 4.61. The molecule has 1 rings (SSSR count). The third-order valence-corrected chi connectivity index (χ3v) is 3.01. The summed E-state index contributed by atoms with van der Waals surface area (Å²) >= 11 is 0. The molecule has 0 saturated carbocycles. The predicted molar refractivity (Wildman–Crippen MR) is 62.8 cm³/mol. The minimum absolute atomic E-state index is 0.274. The fourth-order valence-electron chi connectivity index (χ4n) is 2.10. The molecule has 1 fully saturated rings. The molecule has 0 spiro atoms. The monoisotopic (exact) mass is 212 g/mol. The molecule has 88 valence electrons. The van der Waals surface area contributed by atoms with E-state index in [1.807, 2.05) is 4.90 Å². The number of hydrogen-bond acceptors (Lipinski definition) is 2. The third kappa shape index (κ3) is 4.65. The predicted octanol–water partition coefficient (Wildman–Crippen LogP) is 1.63. The van der Waals surface area contributed by atoms with E-state index in [2.05, 4.69) is 19.2 Å². The van der Waals surface area contributed by atoms with E-state index >= 15 is 0 Å². The summed E-state index contributed by atoms with van der Waals surface area (Å²) in [5, 5.41) is 3.26. The Morgan fingerprint density at radius 1 is 1.40 bits per heavy atom. The Hall–Kier alpha value is -0.570. The number of amides is 1. The van der Waals surface area contributed by atoms with Crippen LogP contribution in [0.25, 0.3) is 0 Å². The van der Waals surface area contributed by atoms with Gasteiger partial charge in [0.05, 0.1) is 6.54 Å². The van der Waals surface area contributed by atoms with Crippen molar-refractivity contribution in [2.24, 2.45) is 5.92 Å². The smallest absolute Gasteiger partial charge is 0.236 e. The zero-order valence-corrected chi connectivity index (χ0v) is 10.1. The lowest BCUT2D eigenvalue weighted by Crippen LogP contribution is -2.37. The van der Waals surface area contributed by atoms with E-state index in [9.17, 15) is 4.79 Å². The molecule has 1 atom stereocenters. The topological polar surface area (TPSA) is 32.3 Å². The number of carbonyl (C=O) groups excluding carboxylic acids is 1. The van der Waals surface area contributed by atoms with Crippen LogP contribution in [0.2, 0.25) is 0 Å². The van der Waals surface area contributed by atoms with Crippen LogP contribution in [0.5, 0.6) is 0 Å². The Balaban J connectivity index is 2.06. The van der Waals surface area contributed by atoms with Crippen LogP contribution in [0, 0.1) is 5.92 Å². The molecule has 0 aliphatic carbocycles. The molecule has 1 aliphatic rings. The lowest BCUT2D eigenvalue weighted by Gasteiger charge is -2.16. The van der Waals surface area contributed by atoms with Gasteiger partial charge in [-0.2, -0.15) is 0 Å². The van der Waals surface area contributed by atoms with Gasteiger partial charge in [-0.1, -0.05) is 20.3 Å². The van der Waals surface area contributed by atoms with Crippen molar-refractivity contribution in [3.63, 3.8) is 0 Å². The molecule has 0 aromatic rings. The van der Waals surface area contributed by atoms with Crippen molar-refractivity contribution in [1.82, 2.24) is 10.2 Å². The molecule has 1 saturated heterocycles. The van der Waals surface area contributed by atoms with E-state index in [4.69, 9.17) is 0 Å². The summed E-state index contributed by atoms with van der Waals surface area (Å²) in [5.74, 6) is 0.956. The van der Waals surface area contributed by atoms with Crippen LogP contribution < -0.4 is 5.32 Å². The minimum Gasteiger partial charge on any atom is -0.342 e. The average molecular weight is 212 g/mol. The van der Waals surface area contributed by atoms with E-state index in [-0.39, 0.29) is 5.91 Å². The van der Waals surface area contributed by atoms with Gasteiger partial charge < -0.3 is 10.2 Å². The molecule has 1 aliphatic heterocycles. The number of rotatable bonds is 6. The van der Waals surface area contributed by atoms with Crippen molar-refractivity contribution in [3.05, 3.63) is 0 Å². The molecule has 15 heavy (non-hydrogen) atoms. The molecule has 0 bridgehead atoms. The van der Waals surface area contributed by atoms with Gasteiger partial charge in [0.15, 0.2) is 0 Å². The zero-order valence-electron chi connectivity index (χ0n) is 10.1. The quantitative estimate of drug-likeness (QED) is 0.726. The molecule has 3 nitrogen and oxygen atoms in total. The van der Waals surface area contributed by atoms with Gasteiger partial charge in [0.2, 0.25) is 5.91 Å². The van der Waals surface area contributed by atoms with E-state index in [0.29, 0.717) is 12.5 Å². The first-order chi connectivity index (χ1) is 7.24. The van der Waals surface area contributed by atoms with Gasteiger partial charge in [0.1, 0.15) is 0 Å². The van der Waals surface area contributed by atoms with Gasteiger partial charge in [-0.05, 0) is 31.7 Å². The van der Waals surface area contributed by atoms with Crippen LogP contribution in [-0.4, -0.2) is 37.0 Å². The standard InChI is InChI=1S/C12H24N2O/c1-3-6-11(2)9-13-10-12(15)14-7-4-5-8-14/h11,13H,3-10H2,1-2H3. The molecular formula is C12H24N2O. The van der Waals surface area contributed by atoms with Crippen molar-refractivity contribution >= 4 is 5.91 Å². The fourth-order valence-corrected chi connectivity index (χ4v) is 2.10. The summed E-state index contributed by atoms with van der Waals surface area (Å²) in [4.78, 5) is 13.6. The summed E-state index contributed by atoms with van der Waals surface area (Å²) in [6.45, 7) is 7.85. The van der Waals surface area contributed by atoms with Crippen LogP contribution in [0.4, 0.5) is 0 Å². The highest BCUT2D eigenvalue weighted by Crippen LogP contribution is 2.07. The molecular weight excluding hydrogens is 188 g/mol. The highest BCUT2D eigenvalue weighted by molar-refractivity contribution is 5.78. The van der Waals surface area contributed by atoms with E-state index in [1.165, 1.54) is 25.7 Å². The lowest BCUT2D eigenvalue weighted by atomic mass is 10.1. The fraction of sp³-hybridized carbons (Fsp3) is 0.917. The Kier molecular flexibility index (Phi) is 5.69. The number of hydrogen-bond donors (Lipinski definition) is 1. The largest absolute Gasteiger partial charge is 0.342 e. The zero-order chi connectivity index (χ0) is 11.1. The van der Waals surface area contributed by atoms with Crippen molar-refractivity contribution in [2.45, 2.75) is 39.5 Å². The van der Waals surface area contributed by atoms with Gasteiger partial charge in [0.25, 0.3) is 0 Å². The van der Waals surface area contributed by atoms with Crippen LogP contribution >= 0.6 is 0 Å². The second kappa shape index (κ2) is 6.83. The number of nitrogens with one attached hydrogen (secondary N) is 1. The van der Waals surface area contributed by atoms with E-state index in [1.54, 1.807) is 0 Å². The highest BCUT2D eigenvalue weighted by atomic mass is 16.2. The molecule has 3 heteroatoms. The summed E-state index contributed by atoms with van der Waals surface area (Å²) in [6.07, 6.45) is 4.82. The maximum absolute atomic E-state index is 11.6. The maximum atomic E-state index is 11.6. The summed E-state index contributed by atoms with van der Waals surface area (Å²) in [5.41, 5.74) is 0. The Morgan fingerprint density at radius 2 is 2.07 bits per heavy atom. The molecule has 0 aromatic heterocycles. The normalized spacial score (nSPS) is 18.1. The van der Waals surface area contributed by atoms with Gasteiger partial charge in [-0.3, -0.25) is 4.79 Å². The number of nitrogens with zero attached hydrogens (tertiary/aromatic N) is 1. The summed E-state index contributed by atoms with van der Waals surface area (Å²) < 4.78 is 0. The molecule has 0 aromatic carbocycles. The van der Waals surface area contributed by atoms with Gasteiger partial charge in [0, 0.05) is 13.1 Å². The Morgan fingerprint density at radius 3 is 2.67 bits per heavy atom. The Labute approximate surface area is 93.2 Å². The number of carbonyl (C=O) groups is 1. The SMILES string of the molecule is CCCC(C)CNCC(=O)N1CCCC1. The molecule has 1 N–H and O–H groups in total. The van der Waals surface area contributed by atoms with Gasteiger partial charge in [-0.15, -0.1) is 0 Å². The first kappa shape index (κ1) is 12.5. The van der Waals surface area contributed by atoms with E-state index < -0.39 is 0 Å². The van der Waals surface area contributed by atoms with Crippen molar-refractivity contribution < 1.29 is 4.79 Å². The van der Waals surface area contributed by atoms with Gasteiger partial charge in [-0.25, -0.2) is 0 Å². The third-order valence-electron chi connectivity index (χ3n) is 3.01. The number of likely N-dealkylation sites (tertiary alicyclic amines) is 1.